The molecule has 3 aromatic heterocycles. The molecule has 8 heteroatoms. The number of aryl methyl sites for hydroxylation is 2. The number of carbonyl (C=O) groups is 1. The molecule has 0 unspecified atom stereocenters. The number of nitrogens with one attached hydrogen (secondary N) is 1. The summed E-state index contributed by atoms with van der Waals surface area (Å²) in [4.78, 5) is 40.3. The molecule has 1 amide bonds. The first-order chi connectivity index (χ1) is 13.4. The van der Waals surface area contributed by atoms with Crippen molar-refractivity contribution in [2.24, 2.45) is 0 Å². The predicted octanol–water partition coefficient (Wildman–Crippen LogP) is 2.02. The van der Waals surface area contributed by atoms with Gasteiger partial charge in [-0.05, 0) is 37.6 Å². The lowest BCUT2D eigenvalue weighted by Crippen LogP contribution is -2.31. The van der Waals surface area contributed by atoms with Crippen molar-refractivity contribution >= 4 is 17.4 Å². The van der Waals surface area contributed by atoms with Gasteiger partial charge in [-0.15, -0.1) is 0 Å². The Morgan fingerprint density at radius 1 is 1.14 bits per heavy atom. The Morgan fingerprint density at radius 2 is 1.93 bits per heavy atom. The molecule has 0 aromatic carbocycles. The van der Waals surface area contributed by atoms with Crippen LogP contribution in [0.4, 0.5) is 11.5 Å². The van der Waals surface area contributed by atoms with Crippen LogP contribution >= 0.6 is 0 Å². The smallest absolute Gasteiger partial charge is 0.264 e. The van der Waals surface area contributed by atoms with E-state index in [0.717, 1.165) is 5.69 Å². The summed E-state index contributed by atoms with van der Waals surface area (Å²) in [5.74, 6) is 0.141. The summed E-state index contributed by atoms with van der Waals surface area (Å²) < 4.78 is 1.46. The maximum Gasteiger partial charge on any atom is 0.264 e. The maximum atomic E-state index is 12.9. The fourth-order valence-corrected chi connectivity index (χ4v) is 2.78. The molecular weight excluding hydrogens is 356 g/mol. The van der Waals surface area contributed by atoms with Crippen molar-refractivity contribution in [2.45, 2.75) is 20.4 Å². The van der Waals surface area contributed by atoms with Crippen molar-refractivity contribution in [3.63, 3.8) is 0 Å². The largest absolute Gasteiger partial charge is 0.361 e. The minimum atomic E-state index is -0.469. The molecule has 3 heterocycles. The van der Waals surface area contributed by atoms with Gasteiger partial charge in [-0.3, -0.25) is 19.6 Å². The average molecular weight is 378 g/mol. The molecule has 0 radical (unpaired) electrons. The van der Waals surface area contributed by atoms with E-state index >= 15 is 0 Å². The lowest BCUT2D eigenvalue weighted by Gasteiger charge is -2.17. The quantitative estimate of drug-likeness (QED) is 0.730. The second-order valence-corrected chi connectivity index (χ2v) is 6.68. The Labute approximate surface area is 162 Å². The molecule has 0 aliphatic carbocycles. The number of pyridine rings is 2. The zero-order valence-corrected chi connectivity index (χ0v) is 16.3. The highest BCUT2D eigenvalue weighted by molar-refractivity contribution is 6.06. The van der Waals surface area contributed by atoms with Crippen LogP contribution in [0.5, 0.6) is 0 Å². The van der Waals surface area contributed by atoms with Crippen LogP contribution in [0.15, 0.2) is 47.8 Å². The number of hydrogen-bond donors (Lipinski definition) is 1. The minimum Gasteiger partial charge on any atom is -0.361 e. The van der Waals surface area contributed by atoms with Gasteiger partial charge in [0.1, 0.15) is 5.56 Å². The Balaban J connectivity index is 1.92. The van der Waals surface area contributed by atoms with Gasteiger partial charge in [0.25, 0.3) is 11.5 Å². The third-order valence-corrected chi connectivity index (χ3v) is 4.23. The Hall–Kier alpha value is -3.55. The lowest BCUT2D eigenvalue weighted by molar-refractivity contribution is 0.102. The summed E-state index contributed by atoms with van der Waals surface area (Å²) in [7, 11) is 3.67. The average Bonchev–Trinajstić information content (AvgIpc) is 2.66. The van der Waals surface area contributed by atoms with Gasteiger partial charge in [0.2, 0.25) is 0 Å². The van der Waals surface area contributed by atoms with E-state index in [1.54, 1.807) is 54.8 Å². The first kappa shape index (κ1) is 19.2. The van der Waals surface area contributed by atoms with Crippen molar-refractivity contribution in [3.8, 4) is 0 Å². The van der Waals surface area contributed by atoms with E-state index in [4.69, 9.17) is 0 Å². The molecule has 0 atom stereocenters. The fraction of sp³-hybridized carbons (Fsp3) is 0.250. The van der Waals surface area contributed by atoms with Crippen LogP contribution < -0.4 is 15.8 Å². The first-order valence-corrected chi connectivity index (χ1v) is 8.78. The molecule has 0 spiro atoms. The van der Waals surface area contributed by atoms with Crippen molar-refractivity contribution < 1.29 is 4.79 Å². The second-order valence-electron chi connectivity index (χ2n) is 6.68. The normalized spacial score (nSPS) is 10.6. The minimum absolute atomic E-state index is 0.0936. The number of carbonyl (C=O) groups excluding carboxylic acids is 1. The summed E-state index contributed by atoms with van der Waals surface area (Å²) in [5, 5.41) is 2.80. The summed E-state index contributed by atoms with van der Waals surface area (Å²) in [6.07, 6.45) is 6.58. The maximum absolute atomic E-state index is 12.9. The highest BCUT2D eigenvalue weighted by atomic mass is 16.2. The monoisotopic (exact) mass is 378 g/mol. The van der Waals surface area contributed by atoms with Crippen LogP contribution in [0, 0.1) is 13.8 Å². The zero-order valence-electron chi connectivity index (χ0n) is 16.3. The number of aromatic nitrogens is 4. The van der Waals surface area contributed by atoms with E-state index < -0.39 is 5.91 Å². The molecule has 0 saturated heterocycles. The van der Waals surface area contributed by atoms with Gasteiger partial charge in [0, 0.05) is 32.7 Å². The van der Waals surface area contributed by atoms with E-state index in [-0.39, 0.29) is 17.7 Å². The summed E-state index contributed by atoms with van der Waals surface area (Å²) in [6.45, 7) is 3.82. The Bertz CT molecular complexity index is 1060. The Morgan fingerprint density at radius 3 is 2.61 bits per heavy atom. The Kier molecular flexibility index (Phi) is 5.49. The second kappa shape index (κ2) is 7.99. The van der Waals surface area contributed by atoms with Crippen LogP contribution in [-0.4, -0.2) is 39.5 Å². The van der Waals surface area contributed by atoms with Crippen LogP contribution in [-0.2, 0) is 6.54 Å². The highest BCUT2D eigenvalue weighted by Gasteiger charge is 2.18. The third-order valence-electron chi connectivity index (χ3n) is 4.23. The van der Waals surface area contributed by atoms with Crippen molar-refractivity contribution in [3.05, 3.63) is 75.9 Å². The van der Waals surface area contributed by atoms with Crippen molar-refractivity contribution in [2.75, 3.05) is 24.3 Å². The van der Waals surface area contributed by atoms with E-state index in [1.807, 2.05) is 21.0 Å². The highest BCUT2D eigenvalue weighted by Crippen LogP contribution is 2.21. The van der Waals surface area contributed by atoms with Crippen molar-refractivity contribution in [1.29, 1.82) is 0 Å². The number of amides is 1. The standard InChI is InChI=1S/C20H22N6O2/c1-13-7-9-26(12-15-11-22-14(2)10-23-15)20(28)17(13)19(27)24-16-6-5-8-21-18(16)25(3)4/h5-11H,12H2,1-4H3,(H,24,27). The van der Waals surface area contributed by atoms with Gasteiger partial charge < -0.3 is 14.8 Å². The van der Waals surface area contributed by atoms with Crippen LogP contribution in [0.1, 0.15) is 27.3 Å². The van der Waals surface area contributed by atoms with Gasteiger partial charge in [-0.25, -0.2) is 4.98 Å². The van der Waals surface area contributed by atoms with Gasteiger partial charge in [0.05, 0.1) is 29.8 Å². The molecule has 1 N–H and O–H groups in total. The molecule has 8 nitrogen and oxygen atoms in total. The van der Waals surface area contributed by atoms with E-state index in [2.05, 4.69) is 20.3 Å². The van der Waals surface area contributed by atoms with E-state index in [0.29, 0.717) is 22.8 Å². The van der Waals surface area contributed by atoms with Gasteiger partial charge >= 0.3 is 0 Å². The zero-order chi connectivity index (χ0) is 20.3. The molecule has 3 aromatic rings. The molecule has 0 aliphatic heterocycles. The summed E-state index contributed by atoms with van der Waals surface area (Å²) >= 11 is 0. The molecule has 0 saturated carbocycles. The summed E-state index contributed by atoms with van der Waals surface area (Å²) in [5.41, 5.74) is 2.30. The van der Waals surface area contributed by atoms with Gasteiger partial charge in [-0.2, -0.15) is 0 Å². The molecule has 0 bridgehead atoms. The van der Waals surface area contributed by atoms with Gasteiger partial charge in [0.15, 0.2) is 5.82 Å². The van der Waals surface area contributed by atoms with Crippen LogP contribution in [0.2, 0.25) is 0 Å². The molecule has 144 valence electrons. The number of hydrogen-bond acceptors (Lipinski definition) is 6. The van der Waals surface area contributed by atoms with Crippen LogP contribution in [0.25, 0.3) is 0 Å². The van der Waals surface area contributed by atoms with Crippen molar-refractivity contribution in [1.82, 2.24) is 19.5 Å². The topological polar surface area (TPSA) is 93.0 Å². The fourth-order valence-electron chi connectivity index (χ4n) is 2.78. The summed E-state index contributed by atoms with van der Waals surface area (Å²) in [6, 6.07) is 5.22. The molecular formula is C20H22N6O2. The molecule has 3 rings (SSSR count). The van der Waals surface area contributed by atoms with E-state index in [1.165, 1.54) is 4.57 Å². The third kappa shape index (κ3) is 4.06. The lowest BCUT2D eigenvalue weighted by atomic mass is 10.1. The molecule has 0 fully saturated rings. The number of nitrogens with zero attached hydrogens (tertiary/aromatic N) is 5. The van der Waals surface area contributed by atoms with Crippen LogP contribution in [0.3, 0.4) is 0 Å². The molecule has 28 heavy (non-hydrogen) atoms. The SMILES string of the molecule is Cc1cnc(Cn2ccc(C)c(C(=O)Nc3cccnc3N(C)C)c2=O)cn1. The number of anilines is 2. The predicted molar refractivity (Wildman–Crippen MR) is 108 cm³/mol. The number of rotatable bonds is 5. The first-order valence-electron chi connectivity index (χ1n) is 8.78. The van der Waals surface area contributed by atoms with Gasteiger partial charge in [-0.1, -0.05) is 0 Å². The van der Waals surface area contributed by atoms with E-state index in [9.17, 15) is 9.59 Å². The molecule has 0 aliphatic rings.